The van der Waals surface area contributed by atoms with E-state index in [4.69, 9.17) is 0 Å². The highest BCUT2D eigenvalue weighted by molar-refractivity contribution is 4.88. The van der Waals surface area contributed by atoms with Crippen molar-refractivity contribution in [2.75, 3.05) is 39.3 Å². The SMILES string of the molecule is CCCC(CN1CCN2CCCC2C1)NCC. The molecule has 2 atom stereocenters. The first-order valence-electron chi connectivity index (χ1n) is 7.53. The van der Waals surface area contributed by atoms with Crippen molar-refractivity contribution < 1.29 is 0 Å². The number of fused-ring (bicyclic) bond motifs is 1. The van der Waals surface area contributed by atoms with Crippen molar-refractivity contribution in [3.63, 3.8) is 0 Å². The Bertz CT molecular complexity index is 214. The van der Waals surface area contributed by atoms with Gasteiger partial charge in [0.15, 0.2) is 0 Å². The van der Waals surface area contributed by atoms with Crippen LogP contribution in [0.4, 0.5) is 0 Å². The highest BCUT2D eigenvalue weighted by atomic mass is 15.3. The van der Waals surface area contributed by atoms with Gasteiger partial charge < -0.3 is 5.32 Å². The van der Waals surface area contributed by atoms with Crippen molar-refractivity contribution in [3.8, 4) is 0 Å². The fourth-order valence-electron chi connectivity index (χ4n) is 3.43. The summed E-state index contributed by atoms with van der Waals surface area (Å²) in [5, 5.41) is 3.64. The van der Waals surface area contributed by atoms with Crippen LogP contribution in [0.25, 0.3) is 0 Å². The number of nitrogens with one attached hydrogen (secondary N) is 1. The molecule has 17 heavy (non-hydrogen) atoms. The first-order valence-corrected chi connectivity index (χ1v) is 7.53. The maximum Gasteiger partial charge on any atom is 0.0224 e. The second kappa shape index (κ2) is 6.72. The summed E-state index contributed by atoms with van der Waals surface area (Å²) in [5.41, 5.74) is 0. The lowest BCUT2D eigenvalue weighted by atomic mass is 10.1. The van der Waals surface area contributed by atoms with E-state index in [9.17, 15) is 0 Å². The van der Waals surface area contributed by atoms with Gasteiger partial charge in [-0.2, -0.15) is 0 Å². The molecule has 0 aromatic heterocycles. The molecule has 2 rings (SSSR count). The molecule has 100 valence electrons. The summed E-state index contributed by atoms with van der Waals surface area (Å²) >= 11 is 0. The minimum atomic E-state index is 0.706. The number of likely N-dealkylation sites (N-methyl/N-ethyl adjacent to an activating group) is 1. The molecule has 2 unspecified atom stereocenters. The molecule has 2 aliphatic heterocycles. The quantitative estimate of drug-likeness (QED) is 0.758. The topological polar surface area (TPSA) is 18.5 Å². The van der Waals surface area contributed by atoms with Crippen LogP contribution in [0.15, 0.2) is 0 Å². The Labute approximate surface area is 107 Å². The van der Waals surface area contributed by atoms with Gasteiger partial charge in [-0.05, 0) is 32.4 Å². The summed E-state index contributed by atoms with van der Waals surface area (Å²) in [6.45, 7) is 12.1. The van der Waals surface area contributed by atoms with Crippen LogP contribution in [0.1, 0.15) is 39.5 Å². The van der Waals surface area contributed by atoms with Gasteiger partial charge in [0.2, 0.25) is 0 Å². The minimum Gasteiger partial charge on any atom is -0.313 e. The Morgan fingerprint density at radius 1 is 1.24 bits per heavy atom. The molecule has 2 fully saturated rings. The molecule has 0 aliphatic carbocycles. The summed E-state index contributed by atoms with van der Waals surface area (Å²) in [4.78, 5) is 5.38. The Morgan fingerprint density at radius 3 is 2.88 bits per heavy atom. The monoisotopic (exact) mass is 239 g/mol. The summed E-state index contributed by atoms with van der Waals surface area (Å²) in [5.74, 6) is 0. The predicted molar refractivity (Wildman–Crippen MR) is 73.4 cm³/mol. The fourth-order valence-corrected chi connectivity index (χ4v) is 3.43. The molecule has 2 heterocycles. The van der Waals surface area contributed by atoms with Gasteiger partial charge >= 0.3 is 0 Å². The van der Waals surface area contributed by atoms with E-state index in [1.807, 2.05) is 0 Å². The van der Waals surface area contributed by atoms with Crippen molar-refractivity contribution in [1.29, 1.82) is 0 Å². The third-order valence-electron chi connectivity index (χ3n) is 4.28. The maximum absolute atomic E-state index is 3.64. The van der Waals surface area contributed by atoms with Gasteiger partial charge in [-0.15, -0.1) is 0 Å². The average Bonchev–Trinajstić information content (AvgIpc) is 2.77. The Balaban J connectivity index is 1.77. The normalized spacial score (nSPS) is 28.2. The molecule has 0 saturated carbocycles. The third kappa shape index (κ3) is 3.67. The summed E-state index contributed by atoms with van der Waals surface area (Å²) in [7, 11) is 0. The van der Waals surface area contributed by atoms with Gasteiger partial charge in [0, 0.05) is 38.3 Å². The number of nitrogens with zero attached hydrogens (tertiary/aromatic N) is 2. The smallest absolute Gasteiger partial charge is 0.0224 e. The van der Waals surface area contributed by atoms with E-state index in [2.05, 4.69) is 29.0 Å². The predicted octanol–water partition coefficient (Wildman–Crippen LogP) is 1.54. The van der Waals surface area contributed by atoms with Crippen LogP contribution in [0.2, 0.25) is 0 Å². The van der Waals surface area contributed by atoms with E-state index in [1.165, 1.54) is 58.4 Å². The zero-order valence-electron chi connectivity index (χ0n) is 11.6. The molecule has 0 aromatic rings. The summed E-state index contributed by atoms with van der Waals surface area (Å²) in [6.07, 6.45) is 5.46. The van der Waals surface area contributed by atoms with Crippen molar-refractivity contribution in [2.45, 2.75) is 51.6 Å². The van der Waals surface area contributed by atoms with Crippen LogP contribution in [0.5, 0.6) is 0 Å². The van der Waals surface area contributed by atoms with Crippen LogP contribution < -0.4 is 5.32 Å². The molecular weight excluding hydrogens is 210 g/mol. The van der Waals surface area contributed by atoms with E-state index in [1.54, 1.807) is 0 Å². The minimum absolute atomic E-state index is 0.706. The number of hydrogen-bond acceptors (Lipinski definition) is 3. The Hall–Kier alpha value is -0.120. The Morgan fingerprint density at radius 2 is 2.12 bits per heavy atom. The van der Waals surface area contributed by atoms with Crippen molar-refractivity contribution in [1.82, 2.24) is 15.1 Å². The van der Waals surface area contributed by atoms with E-state index < -0.39 is 0 Å². The van der Waals surface area contributed by atoms with Gasteiger partial charge in [-0.25, -0.2) is 0 Å². The number of rotatable bonds is 6. The molecule has 1 N–H and O–H groups in total. The van der Waals surface area contributed by atoms with E-state index in [0.717, 1.165) is 12.6 Å². The molecule has 2 saturated heterocycles. The van der Waals surface area contributed by atoms with Crippen LogP contribution in [-0.4, -0.2) is 61.2 Å². The zero-order chi connectivity index (χ0) is 12.1. The van der Waals surface area contributed by atoms with E-state index >= 15 is 0 Å². The van der Waals surface area contributed by atoms with Crippen molar-refractivity contribution in [3.05, 3.63) is 0 Å². The molecule has 0 aromatic carbocycles. The van der Waals surface area contributed by atoms with Gasteiger partial charge in [0.1, 0.15) is 0 Å². The summed E-state index contributed by atoms with van der Waals surface area (Å²) in [6, 6.07) is 1.57. The van der Waals surface area contributed by atoms with Crippen molar-refractivity contribution >= 4 is 0 Å². The van der Waals surface area contributed by atoms with Gasteiger partial charge in [-0.1, -0.05) is 20.3 Å². The first-order chi connectivity index (χ1) is 8.33. The van der Waals surface area contributed by atoms with Crippen LogP contribution in [0, 0.1) is 0 Å². The lowest BCUT2D eigenvalue weighted by Gasteiger charge is -2.39. The molecule has 3 heteroatoms. The number of hydrogen-bond donors (Lipinski definition) is 1. The molecule has 3 nitrogen and oxygen atoms in total. The summed E-state index contributed by atoms with van der Waals surface area (Å²) < 4.78 is 0. The molecule has 0 radical (unpaired) electrons. The molecule has 0 amide bonds. The average molecular weight is 239 g/mol. The molecule has 0 bridgehead atoms. The highest BCUT2D eigenvalue weighted by Gasteiger charge is 2.30. The molecular formula is C14H29N3. The van der Waals surface area contributed by atoms with Gasteiger partial charge in [-0.3, -0.25) is 9.80 Å². The van der Waals surface area contributed by atoms with Crippen LogP contribution in [0.3, 0.4) is 0 Å². The highest BCUT2D eigenvalue weighted by Crippen LogP contribution is 2.21. The maximum atomic E-state index is 3.64. The second-order valence-electron chi connectivity index (χ2n) is 5.63. The second-order valence-corrected chi connectivity index (χ2v) is 5.63. The zero-order valence-corrected chi connectivity index (χ0v) is 11.6. The lowest BCUT2D eigenvalue weighted by Crippen LogP contribution is -2.53. The Kier molecular flexibility index (Phi) is 5.26. The third-order valence-corrected chi connectivity index (χ3v) is 4.28. The molecule has 2 aliphatic rings. The first kappa shape index (κ1) is 13.3. The lowest BCUT2D eigenvalue weighted by molar-refractivity contribution is 0.0955. The molecule has 0 spiro atoms. The van der Waals surface area contributed by atoms with E-state index in [0.29, 0.717) is 6.04 Å². The van der Waals surface area contributed by atoms with Crippen LogP contribution >= 0.6 is 0 Å². The standard InChI is InChI=1S/C14H29N3/c1-3-6-13(15-4-2)11-16-9-10-17-8-5-7-14(17)12-16/h13-15H,3-12H2,1-2H3. The van der Waals surface area contributed by atoms with Gasteiger partial charge in [0.25, 0.3) is 0 Å². The number of piperazine rings is 1. The van der Waals surface area contributed by atoms with Crippen molar-refractivity contribution in [2.24, 2.45) is 0 Å². The van der Waals surface area contributed by atoms with E-state index in [-0.39, 0.29) is 0 Å². The van der Waals surface area contributed by atoms with Crippen LogP contribution in [-0.2, 0) is 0 Å². The van der Waals surface area contributed by atoms with Gasteiger partial charge in [0.05, 0.1) is 0 Å². The fraction of sp³-hybridized carbons (Fsp3) is 1.00. The largest absolute Gasteiger partial charge is 0.313 e.